The summed E-state index contributed by atoms with van der Waals surface area (Å²) in [6.45, 7) is 10.5. The van der Waals surface area contributed by atoms with E-state index in [9.17, 15) is 19.2 Å². The van der Waals surface area contributed by atoms with Gasteiger partial charge < -0.3 is 20.3 Å². The molecule has 0 saturated heterocycles. The number of amides is 4. The number of rotatable bonds is 6. The van der Waals surface area contributed by atoms with Crippen LogP contribution in [-0.4, -0.2) is 63.8 Å². The van der Waals surface area contributed by atoms with Crippen molar-refractivity contribution < 1.29 is 23.9 Å². The molecule has 0 fully saturated rings. The summed E-state index contributed by atoms with van der Waals surface area (Å²) < 4.78 is 6.56. The van der Waals surface area contributed by atoms with Crippen LogP contribution in [0, 0.1) is 0 Å². The maximum absolute atomic E-state index is 14.1. The number of benzodiazepines with no additional fused rings is 1. The number of hydrogen-bond acceptors (Lipinski definition) is 7. The second-order valence-electron chi connectivity index (χ2n) is 12.1. The van der Waals surface area contributed by atoms with Crippen LogP contribution in [0.25, 0.3) is 10.9 Å². The number of nitrogens with one attached hydrogen (secondary N) is 2. The molecule has 238 valence electrons. The van der Waals surface area contributed by atoms with Crippen molar-refractivity contribution in [2.24, 2.45) is 4.99 Å². The summed E-state index contributed by atoms with van der Waals surface area (Å²) in [4.78, 5) is 61.7. The Morgan fingerprint density at radius 1 is 0.978 bits per heavy atom. The summed E-state index contributed by atoms with van der Waals surface area (Å²) in [5.41, 5.74) is 2.23. The first-order chi connectivity index (χ1) is 21.8. The van der Waals surface area contributed by atoms with Crippen LogP contribution in [0.3, 0.4) is 0 Å². The van der Waals surface area contributed by atoms with E-state index in [-0.39, 0.29) is 24.2 Å². The minimum absolute atomic E-state index is 0.179. The van der Waals surface area contributed by atoms with Gasteiger partial charge in [-0.2, -0.15) is 9.78 Å². The Bertz CT molecular complexity index is 1820. The van der Waals surface area contributed by atoms with Gasteiger partial charge in [-0.3, -0.25) is 19.5 Å². The second-order valence-corrected chi connectivity index (χ2v) is 12.1. The molecule has 0 bridgehead atoms. The van der Waals surface area contributed by atoms with Crippen LogP contribution in [0.5, 0.6) is 0 Å². The van der Waals surface area contributed by atoms with E-state index >= 15 is 0 Å². The molecule has 2 N–H and O–H groups in total. The van der Waals surface area contributed by atoms with Crippen LogP contribution in [-0.2, 0) is 14.3 Å². The van der Waals surface area contributed by atoms with E-state index in [1.165, 1.54) is 11.1 Å². The molecule has 1 aromatic heterocycles. The third-order valence-electron chi connectivity index (χ3n) is 7.19. The predicted octanol–water partition coefficient (Wildman–Crippen LogP) is 5.56. The quantitative estimate of drug-likeness (QED) is 0.288. The van der Waals surface area contributed by atoms with Crippen LogP contribution in [0.15, 0.2) is 84.0 Å². The summed E-state index contributed by atoms with van der Waals surface area (Å²) in [6, 6.07) is 20.6. The van der Waals surface area contributed by atoms with Crippen molar-refractivity contribution in [1.29, 1.82) is 0 Å². The molecule has 0 spiro atoms. The van der Waals surface area contributed by atoms with E-state index in [0.29, 0.717) is 33.6 Å². The third-order valence-corrected chi connectivity index (χ3v) is 7.19. The summed E-state index contributed by atoms with van der Waals surface area (Å²) in [5.74, 6) is -0.879. The van der Waals surface area contributed by atoms with Crippen molar-refractivity contribution in [2.45, 2.75) is 59.4 Å². The number of ether oxygens (including phenoxy) is 1. The van der Waals surface area contributed by atoms with Crippen molar-refractivity contribution in [3.8, 4) is 0 Å². The SMILES string of the molecule is CC1=NC(NC(=O)Nc2cccc3cnn(C(=O)OC(C)(C)C)c23)C(=O)N(CC(=O)N(c2ccccc2)C(C)C)c2ccccc21. The molecule has 1 unspecified atom stereocenters. The lowest BCUT2D eigenvalue weighted by molar-refractivity contribution is -0.123. The lowest BCUT2D eigenvalue weighted by atomic mass is 10.1. The number of nitrogens with zero attached hydrogens (tertiary/aromatic N) is 5. The van der Waals surface area contributed by atoms with Gasteiger partial charge >= 0.3 is 12.1 Å². The van der Waals surface area contributed by atoms with Crippen molar-refractivity contribution >= 4 is 57.6 Å². The first-order valence-electron chi connectivity index (χ1n) is 14.9. The average Bonchev–Trinajstić information content (AvgIpc) is 3.41. The highest BCUT2D eigenvalue weighted by Crippen LogP contribution is 2.28. The maximum Gasteiger partial charge on any atom is 0.435 e. The molecule has 0 radical (unpaired) electrons. The number of carbonyl (C=O) groups excluding carboxylic acids is 4. The highest BCUT2D eigenvalue weighted by Gasteiger charge is 2.34. The molecule has 1 aliphatic rings. The predicted molar refractivity (Wildman–Crippen MR) is 177 cm³/mol. The Morgan fingerprint density at radius 2 is 1.67 bits per heavy atom. The van der Waals surface area contributed by atoms with Crippen molar-refractivity contribution in [3.63, 3.8) is 0 Å². The first kappa shape index (κ1) is 31.9. The van der Waals surface area contributed by atoms with Gasteiger partial charge in [0, 0.05) is 28.4 Å². The molecule has 3 aromatic carbocycles. The molecule has 12 heteroatoms. The highest BCUT2D eigenvalue weighted by atomic mass is 16.6. The van der Waals surface area contributed by atoms with Gasteiger partial charge in [0.05, 0.1) is 17.6 Å². The zero-order valence-corrected chi connectivity index (χ0v) is 26.6. The molecule has 1 aliphatic heterocycles. The van der Waals surface area contributed by atoms with Gasteiger partial charge in [-0.05, 0) is 65.8 Å². The second kappa shape index (κ2) is 12.8. The molecule has 0 aliphatic carbocycles. The average molecular weight is 624 g/mol. The molecule has 12 nitrogen and oxygen atoms in total. The number of para-hydroxylation sites is 3. The number of aromatic nitrogens is 2. The maximum atomic E-state index is 14.1. The molecule has 4 aromatic rings. The Kier molecular flexibility index (Phi) is 8.90. The zero-order chi connectivity index (χ0) is 33.2. The number of anilines is 3. The minimum Gasteiger partial charge on any atom is -0.442 e. The summed E-state index contributed by atoms with van der Waals surface area (Å²) in [6.07, 6.45) is -0.563. The fraction of sp³-hybridized carbons (Fsp3) is 0.294. The first-order valence-corrected chi connectivity index (χ1v) is 14.9. The van der Waals surface area contributed by atoms with E-state index in [2.05, 4.69) is 20.7 Å². The summed E-state index contributed by atoms with van der Waals surface area (Å²) in [7, 11) is 0. The molecule has 0 saturated carbocycles. The summed E-state index contributed by atoms with van der Waals surface area (Å²) >= 11 is 0. The Hall–Kier alpha value is -5.52. The van der Waals surface area contributed by atoms with Gasteiger partial charge in [0.25, 0.3) is 5.91 Å². The number of urea groups is 1. The van der Waals surface area contributed by atoms with Crippen LogP contribution in [0.2, 0.25) is 0 Å². The minimum atomic E-state index is -1.35. The number of fused-ring (bicyclic) bond motifs is 2. The van der Waals surface area contributed by atoms with E-state index in [4.69, 9.17) is 4.74 Å². The van der Waals surface area contributed by atoms with Gasteiger partial charge in [-0.1, -0.05) is 48.5 Å². The largest absolute Gasteiger partial charge is 0.442 e. The number of hydrogen-bond donors (Lipinski definition) is 2. The molecular weight excluding hydrogens is 586 g/mol. The monoisotopic (exact) mass is 623 g/mol. The van der Waals surface area contributed by atoms with Crippen molar-refractivity contribution in [1.82, 2.24) is 15.1 Å². The Labute approximate surface area is 267 Å². The molecule has 4 amide bonds. The fourth-order valence-corrected chi connectivity index (χ4v) is 5.29. The van der Waals surface area contributed by atoms with E-state index < -0.39 is 29.8 Å². The Balaban J connectivity index is 1.42. The zero-order valence-electron chi connectivity index (χ0n) is 26.6. The van der Waals surface area contributed by atoms with Gasteiger partial charge in [-0.25, -0.2) is 9.59 Å². The van der Waals surface area contributed by atoms with Crippen LogP contribution in [0.4, 0.5) is 26.7 Å². The lowest BCUT2D eigenvalue weighted by Crippen LogP contribution is -2.52. The fourth-order valence-electron chi connectivity index (χ4n) is 5.29. The molecule has 46 heavy (non-hydrogen) atoms. The van der Waals surface area contributed by atoms with Gasteiger partial charge in [0.15, 0.2) is 0 Å². The van der Waals surface area contributed by atoms with Gasteiger partial charge in [0.2, 0.25) is 12.1 Å². The van der Waals surface area contributed by atoms with E-state index in [1.54, 1.807) is 62.9 Å². The lowest BCUT2D eigenvalue weighted by Gasteiger charge is -2.31. The van der Waals surface area contributed by atoms with Crippen LogP contribution >= 0.6 is 0 Å². The highest BCUT2D eigenvalue weighted by molar-refractivity contribution is 6.15. The Morgan fingerprint density at radius 3 is 2.37 bits per heavy atom. The topological polar surface area (TPSA) is 138 Å². The van der Waals surface area contributed by atoms with Crippen molar-refractivity contribution in [3.05, 3.63) is 84.6 Å². The number of carbonyl (C=O) groups is 4. The van der Waals surface area contributed by atoms with Crippen LogP contribution in [0.1, 0.15) is 47.1 Å². The van der Waals surface area contributed by atoms with Crippen LogP contribution < -0.4 is 20.4 Å². The van der Waals surface area contributed by atoms with Gasteiger partial charge in [0.1, 0.15) is 17.7 Å². The van der Waals surface area contributed by atoms with Crippen molar-refractivity contribution in [2.75, 3.05) is 21.7 Å². The third kappa shape index (κ3) is 6.75. The molecule has 2 heterocycles. The van der Waals surface area contributed by atoms with E-state index in [1.807, 2.05) is 56.3 Å². The molecular formula is C34H37N7O5. The summed E-state index contributed by atoms with van der Waals surface area (Å²) in [5, 5.41) is 10.1. The molecule has 1 atom stereocenters. The number of aliphatic imine (C=N–C) groups is 1. The standard InChI is InChI=1S/C34H37N7O5/c1-21(2)40(24-14-8-7-9-15-24)28(42)20-39-27-18-11-10-16-25(27)22(3)36-30(31(39)43)38-32(44)37-26-17-12-13-23-19-35-41(29(23)26)33(45)46-34(4,5)6/h7-19,21,30H,20H2,1-6H3,(H2,37,38,44). The molecule has 5 rings (SSSR count). The van der Waals surface area contributed by atoms with E-state index in [0.717, 1.165) is 4.68 Å². The van der Waals surface area contributed by atoms with Gasteiger partial charge in [-0.15, -0.1) is 0 Å². The smallest absolute Gasteiger partial charge is 0.435 e. The normalized spacial score (nSPS) is 14.8. The number of benzene rings is 3.